The van der Waals surface area contributed by atoms with Gasteiger partial charge in [-0.15, -0.1) is 0 Å². The molecule has 0 aliphatic carbocycles. The number of hydrogen-bond donors (Lipinski definition) is 0. The number of hydrogen-bond acceptors (Lipinski definition) is 8. The second-order valence-electron chi connectivity index (χ2n) is 16.3. The smallest absolute Gasteiger partial charge is 0.330 e. The summed E-state index contributed by atoms with van der Waals surface area (Å²) in [7, 11) is 0. The second kappa shape index (κ2) is 23.4. The van der Waals surface area contributed by atoms with E-state index in [9.17, 15) is 19.2 Å². The Morgan fingerprint density at radius 2 is 0.647 bits per heavy atom. The minimum atomic E-state index is -0.482. The van der Waals surface area contributed by atoms with E-state index in [-0.39, 0.29) is 13.2 Å². The van der Waals surface area contributed by atoms with Crippen molar-refractivity contribution in [3.8, 4) is 44.5 Å². The van der Waals surface area contributed by atoms with E-state index in [2.05, 4.69) is 123 Å². The fraction of sp³-hybridized carbons (Fsp3) is 0.167. The highest BCUT2D eigenvalue weighted by Crippen LogP contribution is 2.47. The van der Waals surface area contributed by atoms with Crippen LogP contribution < -0.4 is 0 Å². The lowest BCUT2D eigenvalue weighted by atomic mass is 9.83. The average Bonchev–Trinajstić information content (AvgIpc) is 3.39. The highest BCUT2D eigenvalue weighted by molar-refractivity contribution is 6.22. The molecule has 7 rings (SSSR count). The van der Waals surface area contributed by atoms with Crippen molar-refractivity contribution in [1.29, 1.82) is 0 Å². The third kappa shape index (κ3) is 12.2. The summed E-state index contributed by atoms with van der Waals surface area (Å²) in [6, 6.07) is 46.9. The van der Waals surface area contributed by atoms with Gasteiger partial charge in [0, 0.05) is 24.3 Å². The van der Waals surface area contributed by atoms with Crippen molar-refractivity contribution in [3.05, 3.63) is 206 Å². The van der Waals surface area contributed by atoms with Gasteiger partial charge in [0.25, 0.3) is 0 Å². The summed E-state index contributed by atoms with van der Waals surface area (Å²) in [6.07, 6.45) is 9.65. The Bertz CT molecular complexity index is 2960. The van der Waals surface area contributed by atoms with E-state index in [4.69, 9.17) is 18.9 Å². The molecule has 0 aliphatic rings. The van der Waals surface area contributed by atoms with Crippen LogP contribution in [0.15, 0.2) is 184 Å². The summed E-state index contributed by atoms with van der Waals surface area (Å²) in [4.78, 5) is 46.7. The maximum Gasteiger partial charge on any atom is 0.330 e. The molecule has 0 amide bonds. The van der Waals surface area contributed by atoms with E-state index in [1.54, 1.807) is 0 Å². The molecule has 0 atom stereocenters. The van der Waals surface area contributed by atoms with Gasteiger partial charge in [-0.3, -0.25) is 0 Å². The second-order valence-corrected chi connectivity index (χ2v) is 16.3. The predicted octanol–water partition coefficient (Wildman–Crippen LogP) is 13.2. The van der Waals surface area contributed by atoms with Crippen molar-refractivity contribution in [2.45, 2.75) is 51.7 Å². The zero-order chi connectivity index (χ0) is 47.8. The minimum absolute atomic E-state index is 0.120. The van der Waals surface area contributed by atoms with E-state index < -0.39 is 23.9 Å². The fourth-order valence-electron chi connectivity index (χ4n) is 8.22. The van der Waals surface area contributed by atoms with Gasteiger partial charge in [-0.1, -0.05) is 148 Å². The predicted molar refractivity (Wildman–Crippen MR) is 271 cm³/mol. The number of aryl methyl sites for hydroxylation is 2. The average molecular weight is 903 g/mol. The lowest BCUT2D eigenvalue weighted by molar-refractivity contribution is -0.139. The first kappa shape index (κ1) is 47.9. The van der Waals surface area contributed by atoms with Crippen molar-refractivity contribution < 1.29 is 38.1 Å². The number of rotatable bonds is 22. The van der Waals surface area contributed by atoms with Crippen LogP contribution in [0.5, 0.6) is 0 Å². The number of unbranched alkanes of at least 4 members (excludes halogenated alkanes) is 2. The molecule has 0 heterocycles. The van der Waals surface area contributed by atoms with Crippen molar-refractivity contribution in [2.24, 2.45) is 0 Å². The summed E-state index contributed by atoms with van der Waals surface area (Å²) < 4.78 is 21.0. The number of esters is 4. The van der Waals surface area contributed by atoms with Crippen LogP contribution >= 0.6 is 0 Å². The Balaban J connectivity index is 1.34. The van der Waals surface area contributed by atoms with Gasteiger partial charge in [0.2, 0.25) is 0 Å². The van der Waals surface area contributed by atoms with Crippen LogP contribution in [0.1, 0.15) is 47.9 Å². The van der Waals surface area contributed by atoms with Gasteiger partial charge in [0.1, 0.15) is 13.2 Å². The highest BCUT2D eigenvalue weighted by Gasteiger charge is 2.20. The fourth-order valence-corrected chi connectivity index (χ4v) is 8.22. The Morgan fingerprint density at radius 3 is 1.00 bits per heavy atom. The first-order valence-electron chi connectivity index (χ1n) is 22.8. The van der Waals surface area contributed by atoms with E-state index in [1.807, 2.05) is 36.4 Å². The van der Waals surface area contributed by atoms with Crippen LogP contribution in [0.3, 0.4) is 0 Å². The summed E-state index contributed by atoms with van der Waals surface area (Å²) in [5.74, 6) is -1.76. The molecule has 0 saturated heterocycles. The molecule has 0 unspecified atom stereocenters. The standard InChI is InChI=1S/C60H54O8/c1-5-55(61)65-35-11-9-13-41-15-23-45(24-16-41)49-31-33-51-52-34-32-50(46-25-19-43(20-26-46)39-67-57(63)7-3)38-54(52)60(48-29-21-44(22-30-48)40-68-58(64)8-4)59(53(51)37-49)47-27-17-42(18-28-47)14-10-12-36-66-56(62)6-2/h5-8,15-34,37-38H,1-4,9-14,35-36,39-40H2. The Hall–Kier alpha value is -8.10. The van der Waals surface area contributed by atoms with Gasteiger partial charge in [-0.05, 0) is 139 Å². The first-order valence-corrected chi connectivity index (χ1v) is 22.8. The molecule has 7 aromatic carbocycles. The molecule has 0 spiro atoms. The Kier molecular flexibility index (Phi) is 16.5. The number of carbonyl (C=O) groups is 4. The molecule has 0 radical (unpaired) electrons. The lowest BCUT2D eigenvalue weighted by Crippen LogP contribution is -2.02. The largest absolute Gasteiger partial charge is 0.463 e. The first-order chi connectivity index (χ1) is 33.2. The van der Waals surface area contributed by atoms with Crippen LogP contribution in [0, 0.1) is 0 Å². The molecule has 68 heavy (non-hydrogen) atoms. The van der Waals surface area contributed by atoms with Crippen molar-refractivity contribution in [1.82, 2.24) is 0 Å². The molecule has 8 heteroatoms. The molecule has 0 aliphatic heterocycles. The van der Waals surface area contributed by atoms with E-state index in [0.717, 1.165) is 128 Å². The van der Waals surface area contributed by atoms with Crippen LogP contribution in [-0.4, -0.2) is 37.1 Å². The lowest BCUT2D eigenvalue weighted by Gasteiger charge is -2.21. The molecule has 342 valence electrons. The molecule has 0 bridgehead atoms. The maximum absolute atomic E-state index is 12.0. The monoisotopic (exact) mass is 902 g/mol. The van der Waals surface area contributed by atoms with E-state index >= 15 is 0 Å². The van der Waals surface area contributed by atoms with Crippen LogP contribution in [0.25, 0.3) is 66.1 Å². The molecule has 8 nitrogen and oxygen atoms in total. The number of carbonyl (C=O) groups excluding carboxylic acids is 4. The van der Waals surface area contributed by atoms with E-state index in [0.29, 0.717) is 13.2 Å². The third-order valence-corrected chi connectivity index (χ3v) is 11.8. The Morgan fingerprint density at radius 1 is 0.338 bits per heavy atom. The summed E-state index contributed by atoms with van der Waals surface area (Å²) >= 11 is 0. The quantitative estimate of drug-likeness (QED) is 0.0218. The van der Waals surface area contributed by atoms with Gasteiger partial charge < -0.3 is 18.9 Å². The summed E-state index contributed by atoms with van der Waals surface area (Å²) in [5.41, 5.74) is 12.5. The SMILES string of the molecule is C=CC(=O)OCCCCc1ccc(-c2ccc3c(c2)c(-c2ccc(CCCCOC(=O)C=C)cc2)c(-c2ccc(COC(=O)C=C)cc2)c2cc(-c4ccc(COC(=O)C=C)cc4)ccc23)cc1. The van der Waals surface area contributed by atoms with Crippen molar-refractivity contribution in [3.63, 3.8) is 0 Å². The van der Waals surface area contributed by atoms with Gasteiger partial charge in [-0.25, -0.2) is 19.2 Å². The number of fused-ring (bicyclic) bond motifs is 3. The molecule has 0 fully saturated rings. The van der Waals surface area contributed by atoms with E-state index in [1.165, 1.54) is 23.3 Å². The van der Waals surface area contributed by atoms with Crippen LogP contribution in [-0.2, 0) is 64.2 Å². The summed E-state index contributed by atoms with van der Waals surface area (Å²) in [6.45, 7) is 14.9. The van der Waals surface area contributed by atoms with Gasteiger partial charge in [-0.2, -0.15) is 0 Å². The van der Waals surface area contributed by atoms with Gasteiger partial charge in [0.05, 0.1) is 13.2 Å². The molecule has 0 N–H and O–H groups in total. The topological polar surface area (TPSA) is 105 Å². The van der Waals surface area contributed by atoms with Crippen molar-refractivity contribution >= 4 is 45.4 Å². The van der Waals surface area contributed by atoms with Crippen LogP contribution in [0.4, 0.5) is 0 Å². The molecular weight excluding hydrogens is 849 g/mol. The van der Waals surface area contributed by atoms with Crippen LogP contribution in [0.2, 0.25) is 0 Å². The van der Waals surface area contributed by atoms with Gasteiger partial charge in [0.15, 0.2) is 0 Å². The normalized spacial score (nSPS) is 10.8. The zero-order valence-corrected chi connectivity index (χ0v) is 38.2. The Labute approximate surface area is 397 Å². The summed E-state index contributed by atoms with van der Waals surface area (Å²) in [5, 5.41) is 4.35. The minimum Gasteiger partial charge on any atom is -0.463 e. The molecule has 0 aromatic heterocycles. The number of benzene rings is 7. The zero-order valence-electron chi connectivity index (χ0n) is 38.2. The molecule has 7 aromatic rings. The third-order valence-electron chi connectivity index (χ3n) is 11.8. The number of ether oxygens (including phenoxy) is 4. The van der Waals surface area contributed by atoms with Crippen molar-refractivity contribution in [2.75, 3.05) is 13.2 Å². The molecular formula is C60H54O8. The maximum atomic E-state index is 12.0. The van der Waals surface area contributed by atoms with Gasteiger partial charge >= 0.3 is 23.9 Å². The highest BCUT2D eigenvalue weighted by atomic mass is 16.5. The molecule has 0 saturated carbocycles.